The number of nitriles is 1. The van der Waals surface area contributed by atoms with Crippen molar-refractivity contribution in [1.29, 1.82) is 5.26 Å². The summed E-state index contributed by atoms with van der Waals surface area (Å²) in [5, 5.41) is 21.6. The van der Waals surface area contributed by atoms with E-state index in [1.165, 1.54) is 4.90 Å². The van der Waals surface area contributed by atoms with E-state index in [1.807, 2.05) is 37.3 Å². The molecule has 1 saturated heterocycles. The quantitative estimate of drug-likeness (QED) is 0.872. The van der Waals surface area contributed by atoms with E-state index < -0.39 is 6.04 Å². The maximum Gasteiger partial charge on any atom is 0.318 e. The summed E-state index contributed by atoms with van der Waals surface area (Å²) in [5.41, 5.74) is 0.984. The van der Waals surface area contributed by atoms with Crippen molar-refractivity contribution in [2.45, 2.75) is 31.3 Å². The molecular weight excluding hydrogens is 254 g/mol. The minimum atomic E-state index is -0.522. The fraction of sp³-hybridized carbons (Fsp3) is 0.467. The van der Waals surface area contributed by atoms with Crippen LogP contribution in [0.15, 0.2) is 30.3 Å². The number of benzene rings is 1. The van der Waals surface area contributed by atoms with Gasteiger partial charge in [0.2, 0.25) is 0 Å². The zero-order valence-corrected chi connectivity index (χ0v) is 11.5. The van der Waals surface area contributed by atoms with E-state index in [0.717, 1.165) is 12.0 Å². The lowest BCUT2D eigenvalue weighted by Gasteiger charge is -2.51. The van der Waals surface area contributed by atoms with Crippen LogP contribution >= 0.6 is 0 Å². The lowest BCUT2D eigenvalue weighted by Crippen LogP contribution is -2.67. The van der Waals surface area contributed by atoms with Crippen LogP contribution < -0.4 is 5.32 Å². The van der Waals surface area contributed by atoms with Gasteiger partial charge in [-0.15, -0.1) is 0 Å². The summed E-state index contributed by atoms with van der Waals surface area (Å²) in [7, 11) is 0. The van der Waals surface area contributed by atoms with Gasteiger partial charge in [-0.1, -0.05) is 37.3 Å². The molecule has 2 amide bonds. The molecule has 0 aliphatic carbocycles. The maximum absolute atomic E-state index is 12.1. The number of aliphatic hydroxyl groups is 1. The van der Waals surface area contributed by atoms with Gasteiger partial charge in [-0.05, 0) is 12.0 Å². The molecule has 5 nitrogen and oxygen atoms in total. The van der Waals surface area contributed by atoms with Gasteiger partial charge in [0.1, 0.15) is 6.04 Å². The molecule has 106 valence electrons. The number of nitrogens with zero attached hydrogens (tertiary/aromatic N) is 2. The predicted octanol–water partition coefficient (Wildman–Crippen LogP) is 1.46. The summed E-state index contributed by atoms with van der Waals surface area (Å²) in [6, 6.07) is 10.6. The zero-order valence-electron chi connectivity index (χ0n) is 11.5. The molecule has 0 aromatic heterocycles. The van der Waals surface area contributed by atoms with E-state index in [-0.39, 0.29) is 24.6 Å². The summed E-state index contributed by atoms with van der Waals surface area (Å²) in [6.07, 6.45) is 0.836. The first-order chi connectivity index (χ1) is 9.74. The Hall–Kier alpha value is -2.06. The number of carbonyl (C=O) groups is 1. The first-order valence-electron chi connectivity index (χ1n) is 6.86. The highest BCUT2D eigenvalue weighted by molar-refractivity contribution is 5.77. The van der Waals surface area contributed by atoms with Crippen LogP contribution in [0.1, 0.15) is 24.8 Å². The van der Waals surface area contributed by atoms with E-state index in [4.69, 9.17) is 0 Å². The normalized spacial score (nSPS) is 24.6. The Labute approximate surface area is 118 Å². The molecule has 0 spiro atoms. The average Bonchev–Trinajstić information content (AvgIpc) is 2.46. The van der Waals surface area contributed by atoms with Crippen LogP contribution in [0.4, 0.5) is 4.79 Å². The summed E-state index contributed by atoms with van der Waals surface area (Å²) in [5.74, 6) is -0.126. The van der Waals surface area contributed by atoms with Crippen molar-refractivity contribution in [2.75, 3.05) is 13.2 Å². The first-order valence-corrected chi connectivity index (χ1v) is 6.86. The Balaban J connectivity index is 2.17. The molecule has 0 saturated carbocycles. The number of hydrogen-bond donors (Lipinski definition) is 2. The lowest BCUT2D eigenvalue weighted by molar-refractivity contribution is 0.0169. The summed E-state index contributed by atoms with van der Waals surface area (Å²) in [4.78, 5) is 13.5. The number of nitrogens with one attached hydrogen (secondary N) is 1. The highest BCUT2D eigenvalue weighted by Gasteiger charge is 2.51. The Morgan fingerprint density at radius 1 is 1.45 bits per heavy atom. The highest BCUT2D eigenvalue weighted by Crippen LogP contribution is 2.40. The molecule has 1 heterocycles. The SMILES string of the molecule is CCCNC(=O)N1[C@@H](C#N)[C@@H](c2ccccc2)[C@@H]1CO. The number of rotatable bonds is 4. The molecule has 20 heavy (non-hydrogen) atoms. The summed E-state index contributed by atoms with van der Waals surface area (Å²) < 4.78 is 0. The van der Waals surface area contributed by atoms with E-state index in [0.29, 0.717) is 6.54 Å². The Kier molecular flexibility index (Phi) is 4.59. The second-order valence-corrected chi connectivity index (χ2v) is 4.90. The molecule has 2 N–H and O–H groups in total. The third-order valence-corrected chi connectivity index (χ3v) is 3.68. The van der Waals surface area contributed by atoms with Gasteiger partial charge in [0.15, 0.2) is 0 Å². The van der Waals surface area contributed by atoms with Crippen LogP contribution in [0.2, 0.25) is 0 Å². The lowest BCUT2D eigenvalue weighted by atomic mass is 9.76. The molecule has 1 aliphatic heterocycles. The number of hydrogen-bond acceptors (Lipinski definition) is 3. The fourth-order valence-corrected chi connectivity index (χ4v) is 2.69. The number of aliphatic hydroxyl groups excluding tert-OH is 1. The topological polar surface area (TPSA) is 76.4 Å². The van der Waals surface area contributed by atoms with E-state index >= 15 is 0 Å². The van der Waals surface area contributed by atoms with Crippen LogP contribution in [0.25, 0.3) is 0 Å². The van der Waals surface area contributed by atoms with Crippen molar-refractivity contribution in [3.05, 3.63) is 35.9 Å². The molecule has 5 heteroatoms. The first kappa shape index (κ1) is 14.4. The fourth-order valence-electron chi connectivity index (χ4n) is 2.69. The van der Waals surface area contributed by atoms with Crippen LogP contribution in [-0.2, 0) is 0 Å². The van der Waals surface area contributed by atoms with Crippen molar-refractivity contribution >= 4 is 6.03 Å². The monoisotopic (exact) mass is 273 g/mol. The number of urea groups is 1. The van der Waals surface area contributed by atoms with Gasteiger partial charge in [-0.3, -0.25) is 0 Å². The average molecular weight is 273 g/mol. The third kappa shape index (κ3) is 2.47. The standard InChI is InChI=1S/C15H19N3O2/c1-2-8-17-15(20)18-12(9-16)14(13(18)10-19)11-6-4-3-5-7-11/h3-7,12-14,19H,2,8,10H2,1H3,(H,17,20)/t12-,13-,14+/m0/s1. The van der Waals surface area contributed by atoms with Crippen LogP contribution in [-0.4, -0.2) is 41.3 Å². The number of likely N-dealkylation sites (tertiary alicyclic amines) is 1. The Bertz CT molecular complexity index is 498. The Morgan fingerprint density at radius 2 is 2.15 bits per heavy atom. The molecule has 2 rings (SSSR count). The maximum atomic E-state index is 12.1. The van der Waals surface area contributed by atoms with Crippen molar-refractivity contribution in [2.24, 2.45) is 0 Å². The smallest absolute Gasteiger partial charge is 0.318 e. The summed E-state index contributed by atoms with van der Waals surface area (Å²) in [6.45, 7) is 2.40. The van der Waals surface area contributed by atoms with Gasteiger partial charge in [0.25, 0.3) is 0 Å². The molecule has 0 unspecified atom stereocenters. The van der Waals surface area contributed by atoms with Crippen LogP contribution in [0.3, 0.4) is 0 Å². The van der Waals surface area contributed by atoms with Gasteiger partial charge in [0, 0.05) is 12.5 Å². The summed E-state index contributed by atoms with van der Waals surface area (Å²) >= 11 is 0. The molecule has 1 aliphatic rings. The van der Waals surface area contributed by atoms with E-state index in [2.05, 4.69) is 11.4 Å². The second-order valence-electron chi connectivity index (χ2n) is 4.90. The van der Waals surface area contributed by atoms with Gasteiger partial charge in [-0.25, -0.2) is 4.79 Å². The van der Waals surface area contributed by atoms with Crippen molar-refractivity contribution in [3.8, 4) is 6.07 Å². The van der Waals surface area contributed by atoms with E-state index in [1.54, 1.807) is 0 Å². The van der Waals surface area contributed by atoms with Gasteiger partial charge in [0.05, 0.1) is 18.7 Å². The highest BCUT2D eigenvalue weighted by atomic mass is 16.3. The Morgan fingerprint density at radius 3 is 2.70 bits per heavy atom. The molecule has 1 aromatic rings. The van der Waals surface area contributed by atoms with Gasteiger partial charge >= 0.3 is 6.03 Å². The molecule has 3 atom stereocenters. The molecule has 0 bridgehead atoms. The predicted molar refractivity (Wildman–Crippen MR) is 75.0 cm³/mol. The van der Waals surface area contributed by atoms with Crippen LogP contribution in [0, 0.1) is 11.3 Å². The number of carbonyl (C=O) groups excluding carboxylic acids is 1. The third-order valence-electron chi connectivity index (χ3n) is 3.68. The minimum Gasteiger partial charge on any atom is -0.394 e. The van der Waals surface area contributed by atoms with Crippen LogP contribution in [0.5, 0.6) is 0 Å². The van der Waals surface area contributed by atoms with Gasteiger partial charge < -0.3 is 15.3 Å². The van der Waals surface area contributed by atoms with Crippen molar-refractivity contribution in [3.63, 3.8) is 0 Å². The van der Waals surface area contributed by atoms with Crippen molar-refractivity contribution < 1.29 is 9.90 Å². The molecule has 1 fully saturated rings. The molecular formula is C15H19N3O2. The molecule has 1 aromatic carbocycles. The van der Waals surface area contributed by atoms with E-state index in [9.17, 15) is 15.2 Å². The van der Waals surface area contributed by atoms with Crippen molar-refractivity contribution in [1.82, 2.24) is 10.2 Å². The minimum absolute atomic E-state index is 0.126. The second kappa shape index (κ2) is 6.40. The van der Waals surface area contributed by atoms with Gasteiger partial charge in [-0.2, -0.15) is 5.26 Å². The molecule has 0 radical (unpaired) electrons. The number of amides is 2. The zero-order chi connectivity index (χ0) is 14.5. The largest absolute Gasteiger partial charge is 0.394 e.